The zero-order valence-electron chi connectivity index (χ0n) is 25.2. The van der Waals surface area contributed by atoms with Crippen molar-refractivity contribution in [2.45, 2.75) is 47.5 Å². The second kappa shape index (κ2) is 19.2. The Kier molecular flexibility index (Phi) is 16.1. The van der Waals surface area contributed by atoms with E-state index in [9.17, 15) is 4.79 Å². The van der Waals surface area contributed by atoms with Gasteiger partial charge in [-0.25, -0.2) is 15.1 Å². The lowest BCUT2D eigenvalue weighted by Gasteiger charge is -2.30. The van der Waals surface area contributed by atoms with Crippen LogP contribution in [-0.2, 0) is 11.2 Å². The summed E-state index contributed by atoms with van der Waals surface area (Å²) in [5, 5.41) is 9.57. The number of nitrogens with two attached hydrogens (primary N) is 2. The number of carbonyl (C=O) groups excluding carboxylic acids is 1. The Balaban J connectivity index is 0.000000706. The van der Waals surface area contributed by atoms with Crippen molar-refractivity contribution < 1.29 is 14.6 Å². The van der Waals surface area contributed by atoms with Gasteiger partial charge < -0.3 is 15.4 Å². The molecule has 3 aromatic carbocycles. The molecular weight excluding hydrogens is 530 g/mol. The number of aryl methyl sites for hydroxylation is 1. The minimum atomic E-state index is -1.00. The quantitative estimate of drug-likeness (QED) is 0.114. The van der Waals surface area contributed by atoms with Gasteiger partial charge in [-0.1, -0.05) is 82.3 Å². The number of pyridine rings is 1. The first kappa shape index (κ1) is 35.1. The third kappa shape index (κ3) is 10.6. The molecule has 42 heavy (non-hydrogen) atoms. The number of aromatic nitrogens is 1. The summed E-state index contributed by atoms with van der Waals surface area (Å²) < 4.78 is 5.88. The number of amides is 1. The molecule has 1 aliphatic heterocycles. The van der Waals surface area contributed by atoms with Gasteiger partial charge in [0.05, 0.1) is 12.2 Å². The van der Waals surface area contributed by atoms with Crippen molar-refractivity contribution in [2.24, 2.45) is 5.84 Å². The zero-order chi connectivity index (χ0) is 31.5. The van der Waals surface area contributed by atoms with Crippen LogP contribution in [0.15, 0.2) is 91.6 Å². The molecule has 1 amide bonds. The maximum atomic E-state index is 13.1. The van der Waals surface area contributed by atoms with Gasteiger partial charge in [-0.15, -0.1) is 6.58 Å². The van der Waals surface area contributed by atoms with E-state index in [0.29, 0.717) is 31.8 Å². The average Bonchev–Trinajstić information content (AvgIpc) is 3.02. The Bertz CT molecular complexity index is 1410. The van der Waals surface area contributed by atoms with Gasteiger partial charge in [0.25, 0.3) is 0 Å². The van der Waals surface area contributed by atoms with Crippen molar-refractivity contribution in [1.29, 1.82) is 0 Å². The molecule has 0 aliphatic carbocycles. The summed E-state index contributed by atoms with van der Waals surface area (Å²) >= 11 is 0. The molecular formula is C33H43N5O4. The normalized spacial score (nSPS) is 10.7. The standard InChI is InChI=1S/C26H23N3O2.C3H6.2C2H6.H2N2O2/c27-26-22-16-18(6-8-20(22)12-13-28-26)7-11-25(30)29-14-15-31-24-17-21(9-10-23(24)29)19-4-2-1-3-5-19;1-3-2;2*1-2;1-2(3)4/h1-6,8-10,12-13,16-17H,7,11,14-15H2,(H2,27,28);3H,1H2,2H3;2*1-2H3;1H2. The molecule has 0 fully saturated rings. The number of fused-ring (bicyclic) bond motifs is 2. The summed E-state index contributed by atoms with van der Waals surface area (Å²) in [5.74, 6) is 5.20. The highest BCUT2D eigenvalue weighted by Crippen LogP contribution is 2.36. The Labute approximate surface area is 248 Å². The number of nitrogens with zero attached hydrogens (tertiary/aromatic N) is 3. The zero-order valence-corrected chi connectivity index (χ0v) is 25.2. The second-order valence-electron chi connectivity index (χ2n) is 8.39. The van der Waals surface area contributed by atoms with E-state index >= 15 is 0 Å². The molecule has 0 atom stereocenters. The van der Waals surface area contributed by atoms with Gasteiger partial charge in [-0.3, -0.25) is 4.79 Å². The van der Waals surface area contributed by atoms with E-state index in [1.54, 1.807) is 12.3 Å². The molecule has 2 heterocycles. The van der Waals surface area contributed by atoms with Crippen molar-refractivity contribution in [2.75, 3.05) is 23.8 Å². The molecule has 4 aromatic rings. The SMILES string of the molecule is C=CC.CC.CC.N[N+](=O)[O-].Nc1nccc2ccc(CCC(=O)N3CCOc4cc(-c5ccccc5)ccc43)cc12. The van der Waals surface area contributed by atoms with Crippen LogP contribution in [0.25, 0.3) is 21.9 Å². The maximum Gasteiger partial charge on any atom is 0.227 e. The summed E-state index contributed by atoms with van der Waals surface area (Å²) in [4.78, 5) is 27.6. The number of anilines is 2. The van der Waals surface area contributed by atoms with Gasteiger partial charge in [0, 0.05) is 18.0 Å². The average molecular weight is 574 g/mol. The number of benzene rings is 3. The monoisotopic (exact) mass is 573 g/mol. The number of allylic oxidation sites excluding steroid dienone is 1. The molecule has 0 bridgehead atoms. The van der Waals surface area contributed by atoms with Crippen LogP contribution in [0.1, 0.15) is 46.6 Å². The fourth-order valence-corrected chi connectivity index (χ4v) is 4.07. The topological polar surface area (TPSA) is 138 Å². The first-order valence-corrected chi connectivity index (χ1v) is 14.1. The number of ether oxygens (including phenoxy) is 1. The highest BCUT2D eigenvalue weighted by atomic mass is 16.7. The first-order chi connectivity index (χ1) is 20.3. The van der Waals surface area contributed by atoms with Gasteiger partial charge in [0.15, 0.2) is 5.03 Å². The number of nitro groups is 1. The van der Waals surface area contributed by atoms with E-state index in [0.717, 1.165) is 38.9 Å². The van der Waals surface area contributed by atoms with Gasteiger partial charge in [0.2, 0.25) is 5.91 Å². The largest absolute Gasteiger partial charge is 0.490 e. The summed E-state index contributed by atoms with van der Waals surface area (Å²) in [7, 11) is 0. The number of hydrogen-bond acceptors (Lipinski definition) is 6. The summed E-state index contributed by atoms with van der Waals surface area (Å²) in [5.41, 5.74) is 10.1. The molecule has 0 saturated carbocycles. The molecule has 0 spiro atoms. The molecule has 9 heteroatoms. The third-order valence-corrected chi connectivity index (χ3v) is 5.72. The molecule has 0 saturated heterocycles. The number of rotatable bonds is 4. The number of carbonyl (C=O) groups is 1. The number of hydrazine groups is 1. The van der Waals surface area contributed by atoms with Crippen molar-refractivity contribution in [1.82, 2.24) is 4.98 Å². The second-order valence-corrected chi connectivity index (χ2v) is 8.39. The van der Waals surface area contributed by atoms with E-state index < -0.39 is 5.03 Å². The Hall–Kier alpha value is -4.92. The van der Waals surface area contributed by atoms with Crippen LogP contribution >= 0.6 is 0 Å². The molecule has 1 aromatic heterocycles. The molecule has 1 aliphatic rings. The van der Waals surface area contributed by atoms with Crippen LogP contribution in [0.4, 0.5) is 11.5 Å². The van der Waals surface area contributed by atoms with Crippen LogP contribution in [0, 0.1) is 10.1 Å². The predicted molar refractivity (Wildman–Crippen MR) is 174 cm³/mol. The minimum absolute atomic E-state index is 0.0938. The van der Waals surface area contributed by atoms with Crippen molar-refractivity contribution >= 4 is 28.2 Å². The summed E-state index contributed by atoms with van der Waals surface area (Å²) in [6.07, 6.45) is 4.53. The molecule has 4 N–H and O–H groups in total. The number of hydrogen-bond donors (Lipinski definition) is 2. The maximum absolute atomic E-state index is 13.1. The minimum Gasteiger partial charge on any atom is -0.490 e. The Morgan fingerprint density at radius 1 is 1.05 bits per heavy atom. The molecule has 0 unspecified atom stereocenters. The summed E-state index contributed by atoms with van der Waals surface area (Å²) in [6, 6.07) is 24.3. The molecule has 224 valence electrons. The van der Waals surface area contributed by atoms with Crippen molar-refractivity contribution in [3.05, 3.63) is 107 Å². The van der Waals surface area contributed by atoms with E-state index in [-0.39, 0.29) is 5.91 Å². The van der Waals surface area contributed by atoms with E-state index in [1.807, 2.05) is 94.1 Å². The highest BCUT2D eigenvalue weighted by molar-refractivity contribution is 5.96. The Morgan fingerprint density at radius 3 is 2.33 bits per heavy atom. The van der Waals surface area contributed by atoms with Crippen molar-refractivity contribution in [3.63, 3.8) is 0 Å². The lowest BCUT2D eigenvalue weighted by atomic mass is 10.0. The van der Waals surface area contributed by atoms with E-state index in [4.69, 9.17) is 20.6 Å². The molecule has 9 nitrogen and oxygen atoms in total. The van der Waals surface area contributed by atoms with Gasteiger partial charge >= 0.3 is 0 Å². The van der Waals surface area contributed by atoms with Crippen LogP contribution in [0.3, 0.4) is 0 Å². The smallest absolute Gasteiger partial charge is 0.227 e. The van der Waals surface area contributed by atoms with Crippen LogP contribution in [0.5, 0.6) is 5.75 Å². The lowest BCUT2D eigenvalue weighted by molar-refractivity contribution is -0.491. The highest BCUT2D eigenvalue weighted by Gasteiger charge is 2.24. The Morgan fingerprint density at radius 2 is 1.69 bits per heavy atom. The molecule has 5 rings (SSSR count). The fraction of sp³-hybridized carbons (Fsp3) is 0.273. The fourth-order valence-electron chi connectivity index (χ4n) is 4.07. The van der Waals surface area contributed by atoms with Crippen LogP contribution in [0.2, 0.25) is 0 Å². The van der Waals surface area contributed by atoms with Gasteiger partial charge in [-0.05, 0) is 59.7 Å². The van der Waals surface area contributed by atoms with Crippen LogP contribution < -0.4 is 21.2 Å². The van der Waals surface area contributed by atoms with Crippen LogP contribution in [-0.4, -0.2) is 29.1 Å². The van der Waals surface area contributed by atoms with E-state index in [1.165, 1.54) is 0 Å². The number of nitrogen functional groups attached to an aromatic ring is 1. The lowest BCUT2D eigenvalue weighted by Crippen LogP contribution is -2.38. The third-order valence-electron chi connectivity index (χ3n) is 5.72. The van der Waals surface area contributed by atoms with Crippen molar-refractivity contribution in [3.8, 4) is 16.9 Å². The molecule has 0 radical (unpaired) electrons. The first-order valence-electron chi connectivity index (χ1n) is 14.1. The van der Waals surface area contributed by atoms with E-state index in [2.05, 4.69) is 35.6 Å². The van der Waals surface area contributed by atoms with Gasteiger partial charge in [0.1, 0.15) is 18.2 Å². The van der Waals surface area contributed by atoms with Gasteiger partial charge in [-0.2, -0.15) is 5.84 Å². The predicted octanol–water partition coefficient (Wildman–Crippen LogP) is 7.22. The summed E-state index contributed by atoms with van der Waals surface area (Å²) in [6.45, 7) is 14.3.